The standard InChI is InChI=1S/C14H26N2/c1-5-14(6-2)8-10-16(12-14)9-7-13(3,4)11-15/h5-10,12H2,1-4H3. The van der Waals surface area contributed by atoms with Gasteiger partial charge in [-0.05, 0) is 58.0 Å². The largest absolute Gasteiger partial charge is 0.303 e. The van der Waals surface area contributed by atoms with Crippen LogP contribution in [0.3, 0.4) is 0 Å². The van der Waals surface area contributed by atoms with E-state index in [1.807, 2.05) is 13.8 Å². The van der Waals surface area contributed by atoms with Gasteiger partial charge < -0.3 is 4.90 Å². The van der Waals surface area contributed by atoms with Crippen LogP contribution in [0.15, 0.2) is 0 Å². The van der Waals surface area contributed by atoms with Crippen molar-refractivity contribution in [3.8, 4) is 6.07 Å². The summed E-state index contributed by atoms with van der Waals surface area (Å²) in [5.41, 5.74) is 0.403. The minimum atomic E-state index is -0.163. The zero-order valence-corrected chi connectivity index (χ0v) is 11.3. The maximum absolute atomic E-state index is 8.99. The molecule has 0 aromatic heterocycles. The van der Waals surface area contributed by atoms with E-state index in [1.165, 1.54) is 32.4 Å². The maximum atomic E-state index is 8.99. The molecule has 0 aromatic rings. The van der Waals surface area contributed by atoms with Gasteiger partial charge in [0.25, 0.3) is 0 Å². The third kappa shape index (κ3) is 3.22. The number of likely N-dealkylation sites (tertiary alicyclic amines) is 1. The molecule has 16 heavy (non-hydrogen) atoms. The van der Waals surface area contributed by atoms with Crippen LogP contribution in [0.25, 0.3) is 0 Å². The molecule has 2 nitrogen and oxygen atoms in total. The summed E-state index contributed by atoms with van der Waals surface area (Å²) in [6, 6.07) is 2.39. The minimum absolute atomic E-state index is 0.163. The molecule has 1 heterocycles. The number of nitrogens with zero attached hydrogens (tertiary/aromatic N) is 2. The van der Waals surface area contributed by atoms with Gasteiger partial charge in [0, 0.05) is 6.54 Å². The molecule has 0 saturated carbocycles. The van der Waals surface area contributed by atoms with Crippen LogP contribution in [-0.2, 0) is 0 Å². The molecule has 0 spiro atoms. The van der Waals surface area contributed by atoms with Crippen molar-refractivity contribution >= 4 is 0 Å². The normalized spacial score (nSPS) is 20.9. The Labute approximate surface area is 101 Å². The zero-order valence-electron chi connectivity index (χ0n) is 11.3. The van der Waals surface area contributed by atoms with Crippen LogP contribution >= 0.6 is 0 Å². The highest BCUT2D eigenvalue weighted by atomic mass is 15.2. The summed E-state index contributed by atoms with van der Waals surface area (Å²) in [5, 5.41) is 8.99. The predicted molar refractivity (Wildman–Crippen MR) is 68.1 cm³/mol. The second kappa shape index (κ2) is 5.19. The van der Waals surface area contributed by atoms with Gasteiger partial charge in [-0.2, -0.15) is 5.26 Å². The number of rotatable bonds is 5. The maximum Gasteiger partial charge on any atom is 0.0684 e. The topological polar surface area (TPSA) is 27.0 Å². The molecule has 1 aliphatic heterocycles. The van der Waals surface area contributed by atoms with Crippen LogP contribution < -0.4 is 0 Å². The third-order valence-corrected chi connectivity index (χ3v) is 4.37. The van der Waals surface area contributed by atoms with Gasteiger partial charge in [0.05, 0.1) is 11.5 Å². The first-order valence-electron chi connectivity index (χ1n) is 6.60. The molecule has 1 aliphatic rings. The van der Waals surface area contributed by atoms with Gasteiger partial charge in [0.15, 0.2) is 0 Å². The van der Waals surface area contributed by atoms with Crippen LogP contribution in [0.4, 0.5) is 0 Å². The first kappa shape index (κ1) is 13.5. The highest BCUT2D eigenvalue weighted by molar-refractivity contribution is 4.94. The Kier molecular flexibility index (Phi) is 4.38. The summed E-state index contributed by atoms with van der Waals surface area (Å²) in [6.45, 7) is 12.2. The second-order valence-electron chi connectivity index (χ2n) is 5.98. The predicted octanol–water partition coefficient (Wildman–Crippen LogP) is 3.44. The van der Waals surface area contributed by atoms with E-state index in [4.69, 9.17) is 5.26 Å². The fourth-order valence-corrected chi connectivity index (χ4v) is 2.54. The van der Waals surface area contributed by atoms with Crippen molar-refractivity contribution in [2.24, 2.45) is 10.8 Å². The lowest BCUT2D eigenvalue weighted by atomic mass is 9.82. The Morgan fingerprint density at radius 1 is 1.31 bits per heavy atom. The lowest BCUT2D eigenvalue weighted by Crippen LogP contribution is -2.29. The van der Waals surface area contributed by atoms with Gasteiger partial charge in [-0.1, -0.05) is 13.8 Å². The van der Waals surface area contributed by atoms with Gasteiger partial charge in [-0.25, -0.2) is 0 Å². The van der Waals surface area contributed by atoms with E-state index in [-0.39, 0.29) is 5.41 Å². The molecule has 0 bridgehead atoms. The van der Waals surface area contributed by atoms with Crippen LogP contribution in [-0.4, -0.2) is 24.5 Å². The summed E-state index contributed by atoms with van der Waals surface area (Å²) < 4.78 is 0. The summed E-state index contributed by atoms with van der Waals surface area (Å²) in [4.78, 5) is 2.55. The van der Waals surface area contributed by atoms with E-state index in [0.717, 1.165) is 13.0 Å². The van der Waals surface area contributed by atoms with Crippen LogP contribution in [0.1, 0.15) is 53.4 Å². The number of hydrogen-bond donors (Lipinski definition) is 0. The van der Waals surface area contributed by atoms with E-state index in [1.54, 1.807) is 0 Å². The van der Waals surface area contributed by atoms with Gasteiger partial charge in [0.2, 0.25) is 0 Å². The molecule has 1 fully saturated rings. The average molecular weight is 222 g/mol. The summed E-state index contributed by atoms with van der Waals surface area (Å²) >= 11 is 0. The molecular formula is C14H26N2. The van der Waals surface area contributed by atoms with Gasteiger partial charge >= 0.3 is 0 Å². The third-order valence-electron chi connectivity index (χ3n) is 4.37. The van der Waals surface area contributed by atoms with Gasteiger partial charge in [-0.15, -0.1) is 0 Å². The lowest BCUT2D eigenvalue weighted by molar-refractivity contribution is 0.225. The Morgan fingerprint density at radius 3 is 2.38 bits per heavy atom. The van der Waals surface area contributed by atoms with E-state index < -0.39 is 0 Å². The molecule has 0 radical (unpaired) electrons. The molecule has 0 N–H and O–H groups in total. The summed E-state index contributed by atoms with van der Waals surface area (Å²) in [7, 11) is 0. The SMILES string of the molecule is CCC1(CC)CCN(CCC(C)(C)C#N)C1. The molecular weight excluding hydrogens is 196 g/mol. The first-order valence-corrected chi connectivity index (χ1v) is 6.60. The molecule has 0 aliphatic carbocycles. The Hall–Kier alpha value is -0.550. The van der Waals surface area contributed by atoms with Crippen molar-refractivity contribution in [1.29, 1.82) is 5.26 Å². The smallest absolute Gasteiger partial charge is 0.0684 e. The van der Waals surface area contributed by atoms with Crippen LogP contribution in [0.5, 0.6) is 0 Å². The fourth-order valence-electron chi connectivity index (χ4n) is 2.54. The zero-order chi connectivity index (χ0) is 12.2. The Bertz CT molecular complexity index is 258. The molecule has 0 unspecified atom stereocenters. The van der Waals surface area contributed by atoms with Crippen molar-refractivity contribution in [1.82, 2.24) is 4.90 Å². The summed E-state index contributed by atoms with van der Waals surface area (Å²) in [6.07, 6.45) is 4.92. The van der Waals surface area contributed by atoms with Crippen molar-refractivity contribution in [3.63, 3.8) is 0 Å². The average Bonchev–Trinajstić information content (AvgIpc) is 2.71. The molecule has 0 amide bonds. The number of hydrogen-bond acceptors (Lipinski definition) is 2. The molecule has 1 saturated heterocycles. The molecule has 0 aromatic carbocycles. The number of nitriles is 1. The summed E-state index contributed by atoms with van der Waals surface area (Å²) in [5.74, 6) is 0. The fraction of sp³-hybridized carbons (Fsp3) is 0.929. The molecule has 2 heteroatoms. The van der Waals surface area contributed by atoms with E-state index >= 15 is 0 Å². The minimum Gasteiger partial charge on any atom is -0.303 e. The first-order chi connectivity index (χ1) is 7.47. The lowest BCUT2D eigenvalue weighted by Gasteiger charge is -2.27. The highest BCUT2D eigenvalue weighted by Gasteiger charge is 2.35. The van der Waals surface area contributed by atoms with Gasteiger partial charge in [0.1, 0.15) is 0 Å². The highest BCUT2D eigenvalue weighted by Crippen LogP contribution is 2.37. The van der Waals surface area contributed by atoms with Crippen molar-refractivity contribution in [2.45, 2.75) is 53.4 Å². The van der Waals surface area contributed by atoms with E-state index in [2.05, 4.69) is 24.8 Å². The van der Waals surface area contributed by atoms with Crippen molar-refractivity contribution in [2.75, 3.05) is 19.6 Å². The van der Waals surface area contributed by atoms with Crippen LogP contribution in [0, 0.1) is 22.2 Å². The monoisotopic (exact) mass is 222 g/mol. The second-order valence-corrected chi connectivity index (χ2v) is 5.98. The molecule has 92 valence electrons. The van der Waals surface area contributed by atoms with Crippen molar-refractivity contribution in [3.05, 3.63) is 0 Å². The molecule has 1 rings (SSSR count). The van der Waals surface area contributed by atoms with E-state index in [0.29, 0.717) is 5.41 Å². The van der Waals surface area contributed by atoms with E-state index in [9.17, 15) is 0 Å². The Morgan fingerprint density at radius 2 is 1.94 bits per heavy atom. The Balaban J connectivity index is 2.41. The van der Waals surface area contributed by atoms with Crippen LogP contribution in [0.2, 0.25) is 0 Å². The van der Waals surface area contributed by atoms with Crippen molar-refractivity contribution < 1.29 is 0 Å². The quantitative estimate of drug-likeness (QED) is 0.712. The van der Waals surface area contributed by atoms with Gasteiger partial charge in [-0.3, -0.25) is 0 Å². The molecule has 0 atom stereocenters.